The number of aryl methyl sites for hydroxylation is 1. The number of H-pyrrole nitrogens is 1. The SMILES string of the molecule is Cc1[nH+]sc2c(-c3ccc(C#N)cc3)c(SC(=O)N(C)C)ccc12. The number of amides is 1. The van der Waals surface area contributed by atoms with Crippen molar-refractivity contribution < 1.29 is 9.17 Å². The molecule has 0 fully saturated rings. The first-order valence-electron chi connectivity index (χ1n) is 7.34. The molecule has 0 unspecified atom stereocenters. The number of aromatic amines is 1. The lowest BCUT2D eigenvalue weighted by Crippen LogP contribution is -2.16. The Balaban J connectivity index is 2.20. The zero-order valence-corrected chi connectivity index (χ0v) is 15.2. The highest BCUT2D eigenvalue weighted by molar-refractivity contribution is 8.13. The molecule has 0 aliphatic heterocycles. The van der Waals surface area contributed by atoms with Crippen LogP contribution in [0.1, 0.15) is 11.3 Å². The van der Waals surface area contributed by atoms with Crippen LogP contribution in [-0.4, -0.2) is 24.2 Å². The summed E-state index contributed by atoms with van der Waals surface area (Å²) in [5, 5.41) is 10.1. The molecule has 1 aromatic heterocycles. The highest BCUT2D eigenvalue weighted by atomic mass is 32.2. The second kappa shape index (κ2) is 6.63. The second-order valence-electron chi connectivity index (χ2n) is 5.60. The Kier molecular flexibility index (Phi) is 4.56. The van der Waals surface area contributed by atoms with Crippen LogP contribution in [0.15, 0.2) is 41.3 Å². The lowest BCUT2D eigenvalue weighted by Gasteiger charge is -2.13. The Morgan fingerprint density at radius 3 is 2.54 bits per heavy atom. The van der Waals surface area contributed by atoms with Crippen LogP contribution >= 0.6 is 23.3 Å². The molecular formula is C18H16N3OS2+. The smallest absolute Gasteiger partial charge is 0.285 e. The Hall–Kier alpha value is -2.36. The monoisotopic (exact) mass is 354 g/mol. The van der Waals surface area contributed by atoms with Gasteiger partial charge in [0.25, 0.3) is 5.24 Å². The van der Waals surface area contributed by atoms with Crippen LogP contribution in [0.2, 0.25) is 0 Å². The predicted molar refractivity (Wildman–Crippen MR) is 98.2 cm³/mol. The number of nitriles is 1. The molecule has 24 heavy (non-hydrogen) atoms. The molecule has 0 spiro atoms. The zero-order valence-electron chi connectivity index (χ0n) is 13.6. The van der Waals surface area contributed by atoms with E-state index in [1.54, 1.807) is 42.7 Å². The first kappa shape index (κ1) is 16.5. The van der Waals surface area contributed by atoms with Gasteiger partial charge in [0, 0.05) is 31.5 Å². The van der Waals surface area contributed by atoms with Crippen LogP contribution in [0.5, 0.6) is 0 Å². The van der Waals surface area contributed by atoms with Gasteiger partial charge in [0.1, 0.15) is 16.2 Å². The van der Waals surface area contributed by atoms with Crippen molar-refractivity contribution in [3.63, 3.8) is 0 Å². The van der Waals surface area contributed by atoms with Gasteiger partial charge in [-0.15, -0.1) is 0 Å². The standard InChI is InChI=1S/C18H15N3OS2/c1-11-14-8-9-15(23-18(22)21(2)3)16(17(14)24-20-11)13-6-4-12(10-19)5-7-13/h4-9H,1-3H3/p+1. The van der Waals surface area contributed by atoms with Gasteiger partial charge in [-0.2, -0.15) is 9.64 Å². The number of nitrogens with zero attached hydrogens (tertiary/aromatic N) is 2. The molecular weight excluding hydrogens is 338 g/mol. The fourth-order valence-electron chi connectivity index (χ4n) is 2.40. The number of aromatic nitrogens is 1. The lowest BCUT2D eigenvalue weighted by molar-refractivity contribution is -0.298. The fraction of sp³-hybridized carbons (Fsp3) is 0.167. The molecule has 3 aromatic rings. The Bertz CT molecular complexity index is 953. The van der Waals surface area contributed by atoms with Crippen molar-refractivity contribution in [3.8, 4) is 17.2 Å². The minimum Gasteiger partial charge on any atom is -0.339 e. The highest BCUT2D eigenvalue weighted by Crippen LogP contribution is 2.40. The number of carbonyl (C=O) groups is 1. The molecule has 0 bridgehead atoms. The average Bonchev–Trinajstić information content (AvgIpc) is 2.96. The Morgan fingerprint density at radius 1 is 1.21 bits per heavy atom. The van der Waals surface area contributed by atoms with E-state index < -0.39 is 0 Å². The number of nitrogens with one attached hydrogen (secondary N) is 1. The lowest BCUT2D eigenvalue weighted by atomic mass is 10.0. The quantitative estimate of drug-likeness (QED) is 0.643. The van der Waals surface area contributed by atoms with Gasteiger partial charge in [0.15, 0.2) is 5.69 Å². The highest BCUT2D eigenvalue weighted by Gasteiger charge is 2.20. The topological polar surface area (TPSA) is 58.2 Å². The summed E-state index contributed by atoms with van der Waals surface area (Å²) in [4.78, 5) is 14.7. The molecule has 3 rings (SSSR count). The summed E-state index contributed by atoms with van der Waals surface area (Å²) in [6.07, 6.45) is 0. The number of carbonyl (C=O) groups excluding carboxylic acids is 1. The van der Waals surface area contributed by atoms with Gasteiger partial charge < -0.3 is 4.90 Å². The third kappa shape index (κ3) is 3.01. The Morgan fingerprint density at radius 2 is 1.92 bits per heavy atom. The molecule has 120 valence electrons. The van der Waals surface area contributed by atoms with Crippen molar-refractivity contribution in [3.05, 3.63) is 47.7 Å². The van der Waals surface area contributed by atoms with Crippen LogP contribution in [0.25, 0.3) is 21.2 Å². The van der Waals surface area contributed by atoms with Crippen LogP contribution in [0, 0.1) is 18.3 Å². The summed E-state index contributed by atoms with van der Waals surface area (Å²) in [7, 11) is 3.50. The third-order valence-electron chi connectivity index (χ3n) is 3.69. The third-order valence-corrected chi connectivity index (χ3v) is 5.83. The van der Waals surface area contributed by atoms with Crippen LogP contribution in [0.3, 0.4) is 0 Å². The first-order chi connectivity index (χ1) is 11.5. The van der Waals surface area contributed by atoms with Gasteiger partial charge in [0.2, 0.25) is 0 Å². The maximum atomic E-state index is 12.2. The van der Waals surface area contributed by atoms with E-state index in [-0.39, 0.29) is 5.24 Å². The summed E-state index contributed by atoms with van der Waals surface area (Å²) in [6, 6.07) is 13.7. The molecule has 1 N–H and O–H groups in total. The number of hydrogen-bond donors (Lipinski definition) is 0. The summed E-state index contributed by atoms with van der Waals surface area (Å²) < 4.78 is 4.42. The summed E-state index contributed by atoms with van der Waals surface area (Å²) >= 11 is 2.79. The molecule has 0 saturated heterocycles. The van der Waals surface area contributed by atoms with Gasteiger partial charge in [-0.1, -0.05) is 12.1 Å². The molecule has 0 radical (unpaired) electrons. The van der Waals surface area contributed by atoms with Crippen molar-refractivity contribution in [2.45, 2.75) is 11.8 Å². The van der Waals surface area contributed by atoms with Gasteiger partial charge >= 0.3 is 0 Å². The van der Waals surface area contributed by atoms with Crippen molar-refractivity contribution in [1.82, 2.24) is 4.90 Å². The molecule has 1 heterocycles. The molecule has 0 aliphatic carbocycles. The number of benzene rings is 2. The average molecular weight is 354 g/mol. The molecule has 2 aromatic carbocycles. The second-order valence-corrected chi connectivity index (χ2v) is 7.41. The predicted octanol–water partition coefficient (Wildman–Crippen LogP) is 4.34. The first-order valence-corrected chi connectivity index (χ1v) is 8.98. The van der Waals surface area contributed by atoms with Gasteiger partial charge in [-0.05, 0) is 41.6 Å². The van der Waals surface area contributed by atoms with Crippen LogP contribution in [-0.2, 0) is 0 Å². The maximum Gasteiger partial charge on any atom is 0.285 e. The van der Waals surface area contributed by atoms with E-state index in [4.69, 9.17) is 5.26 Å². The Labute approximate surface area is 148 Å². The summed E-state index contributed by atoms with van der Waals surface area (Å²) in [6.45, 7) is 2.04. The van der Waals surface area contributed by atoms with Crippen LogP contribution < -0.4 is 4.37 Å². The molecule has 0 aliphatic rings. The molecule has 1 amide bonds. The molecule has 6 heteroatoms. The normalized spacial score (nSPS) is 10.6. The van der Waals surface area contributed by atoms with E-state index in [2.05, 4.69) is 16.5 Å². The van der Waals surface area contributed by atoms with E-state index in [1.807, 2.05) is 25.1 Å². The van der Waals surface area contributed by atoms with E-state index in [0.29, 0.717) is 5.56 Å². The number of hydrogen-bond acceptors (Lipinski definition) is 4. The summed E-state index contributed by atoms with van der Waals surface area (Å²) in [5.41, 5.74) is 3.77. The van der Waals surface area contributed by atoms with Gasteiger partial charge in [-0.3, -0.25) is 4.79 Å². The fourth-order valence-corrected chi connectivity index (χ4v) is 4.32. The molecule has 0 atom stereocenters. The molecule has 4 nitrogen and oxygen atoms in total. The van der Waals surface area contributed by atoms with E-state index >= 15 is 0 Å². The van der Waals surface area contributed by atoms with Crippen LogP contribution in [0.4, 0.5) is 4.79 Å². The minimum absolute atomic E-state index is 0.0125. The van der Waals surface area contributed by atoms with Gasteiger partial charge in [0.05, 0.1) is 17.0 Å². The van der Waals surface area contributed by atoms with Gasteiger partial charge in [-0.25, -0.2) is 0 Å². The van der Waals surface area contributed by atoms with E-state index in [0.717, 1.165) is 31.8 Å². The zero-order chi connectivity index (χ0) is 17.3. The minimum atomic E-state index is -0.0125. The van der Waals surface area contributed by atoms with Crippen molar-refractivity contribution in [1.29, 1.82) is 5.26 Å². The molecule has 0 saturated carbocycles. The van der Waals surface area contributed by atoms with E-state index in [1.165, 1.54) is 11.8 Å². The number of rotatable bonds is 2. The van der Waals surface area contributed by atoms with E-state index in [9.17, 15) is 4.79 Å². The summed E-state index contributed by atoms with van der Waals surface area (Å²) in [5.74, 6) is 0. The maximum absolute atomic E-state index is 12.2. The van der Waals surface area contributed by atoms with Crippen molar-refractivity contribution in [2.24, 2.45) is 0 Å². The number of thioether (sulfide) groups is 1. The number of fused-ring (bicyclic) bond motifs is 1. The largest absolute Gasteiger partial charge is 0.339 e. The van der Waals surface area contributed by atoms with Crippen molar-refractivity contribution >= 4 is 38.6 Å². The van der Waals surface area contributed by atoms with Crippen molar-refractivity contribution in [2.75, 3.05) is 14.1 Å².